The van der Waals surface area contributed by atoms with E-state index in [4.69, 9.17) is 4.74 Å². The van der Waals surface area contributed by atoms with Crippen LogP contribution in [0.1, 0.15) is 22.3 Å². The van der Waals surface area contributed by atoms with Gasteiger partial charge in [0.15, 0.2) is 0 Å². The van der Waals surface area contributed by atoms with Gasteiger partial charge < -0.3 is 10.1 Å². The van der Waals surface area contributed by atoms with Crippen LogP contribution in [-0.2, 0) is 11.3 Å². The van der Waals surface area contributed by atoms with Crippen molar-refractivity contribution in [3.05, 3.63) is 81.5 Å². The maximum absolute atomic E-state index is 12.8. The molecule has 0 bridgehead atoms. The summed E-state index contributed by atoms with van der Waals surface area (Å²) in [5.41, 5.74) is 4.53. The van der Waals surface area contributed by atoms with Gasteiger partial charge in [-0.3, -0.25) is 4.79 Å². The molecule has 8 heteroatoms. The number of hydrogen-bond donors (Lipinski definition) is 1. The van der Waals surface area contributed by atoms with E-state index in [-0.39, 0.29) is 24.0 Å². The Bertz CT molecular complexity index is 1310. The Kier molecular flexibility index (Phi) is 5.29. The zero-order valence-electron chi connectivity index (χ0n) is 17.8. The van der Waals surface area contributed by atoms with Crippen LogP contribution in [0.15, 0.2) is 53.6 Å². The van der Waals surface area contributed by atoms with Crippen LogP contribution in [0.5, 0.6) is 11.6 Å². The Balaban J connectivity index is 1.62. The third-order valence-corrected chi connectivity index (χ3v) is 4.92. The summed E-state index contributed by atoms with van der Waals surface area (Å²) in [5, 5.41) is 7.17. The Morgan fingerprint density at radius 1 is 1.06 bits per heavy atom. The number of aromatic nitrogens is 4. The molecule has 31 heavy (non-hydrogen) atoms. The standard InChI is InChI=1S/C23H23N5O3/c1-14-10-15(2)12-18(11-14)31-22-21-26-28(23(30)27(21)9-8-24-22)13-19(29)25-20-16(3)6-5-7-17(20)4/h5-12H,13H2,1-4H3,(H,25,29). The minimum atomic E-state index is -0.445. The predicted octanol–water partition coefficient (Wildman–Crippen LogP) is 3.56. The van der Waals surface area contributed by atoms with Gasteiger partial charge in [0.25, 0.3) is 5.88 Å². The van der Waals surface area contributed by atoms with Gasteiger partial charge in [-0.15, -0.1) is 5.10 Å². The van der Waals surface area contributed by atoms with E-state index in [1.54, 1.807) is 0 Å². The van der Waals surface area contributed by atoms with Gasteiger partial charge in [-0.25, -0.2) is 18.9 Å². The van der Waals surface area contributed by atoms with Crippen molar-refractivity contribution in [2.24, 2.45) is 0 Å². The molecule has 0 aliphatic heterocycles. The van der Waals surface area contributed by atoms with Crippen molar-refractivity contribution in [1.82, 2.24) is 19.2 Å². The first kappa shape index (κ1) is 20.3. The fourth-order valence-electron chi connectivity index (χ4n) is 3.53. The number of aryl methyl sites for hydroxylation is 4. The molecule has 1 N–H and O–H groups in total. The second kappa shape index (κ2) is 8.06. The zero-order chi connectivity index (χ0) is 22.1. The van der Waals surface area contributed by atoms with Crippen LogP contribution in [0.25, 0.3) is 5.65 Å². The van der Waals surface area contributed by atoms with E-state index < -0.39 is 5.69 Å². The third-order valence-electron chi connectivity index (χ3n) is 4.92. The summed E-state index contributed by atoms with van der Waals surface area (Å²) >= 11 is 0. The lowest BCUT2D eigenvalue weighted by Crippen LogP contribution is -2.28. The molecule has 0 saturated heterocycles. The molecule has 0 saturated carbocycles. The van der Waals surface area contributed by atoms with Gasteiger partial charge >= 0.3 is 5.69 Å². The van der Waals surface area contributed by atoms with Crippen LogP contribution in [0.4, 0.5) is 5.69 Å². The molecule has 1 amide bonds. The molecule has 0 aliphatic carbocycles. The van der Waals surface area contributed by atoms with Gasteiger partial charge in [-0.05, 0) is 62.1 Å². The topological polar surface area (TPSA) is 90.5 Å². The number of fused-ring (bicyclic) bond motifs is 1. The quantitative estimate of drug-likeness (QED) is 0.536. The highest BCUT2D eigenvalue weighted by molar-refractivity contribution is 5.92. The fraction of sp³-hybridized carbons (Fsp3) is 0.217. The van der Waals surface area contributed by atoms with Crippen LogP contribution in [0.2, 0.25) is 0 Å². The van der Waals surface area contributed by atoms with Gasteiger partial charge in [0.1, 0.15) is 12.3 Å². The SMILES string of the molecule is Cc1cc(C)cc(Oc2nccn3c(=O)n(CC(=O)Nc4c(C)cccc4C)nc23)c1. The number of ether oxygens (including phenoxy) is 1. The number of amides is 1. The Morgan fingerprint density at radius 3 is 2.42 bits per heavy atom. The average molecular weight is 417 g/mol. The maximum atomic E-state index is 12.8. The molecule has 8 nitrogen and oxygen atoms in total. The van der Waals surface area contributed by atoms with E-state index in [2.05, 4.69) is 15.4 Å². The Morgan fingerprint density at radius 2 is 1.74 bits per heavy atom. The number of rotatable bonds is 5. The lowest BCUT2D eigenvalue weighted by molar-refractivity contribution is -0.117. The van der Waals surface area contributed by atoms with Crippen molar-refractivity contribution in [2.45, 2.75) is 34.2 Å². The van der Waals surface area contributed by atoms with Crippen molar-refractivity contribution in [3.63, 3.8) is 0 Å². The van der Waals surface area contributed by atoms with Crippen molar-refractivity contribution >= 4 is 17.2 Å². The molecule has 0 atom stereocenters. The van der Waals surface area contributed by atoms with E-state index in [9.17, 15) is 9.59 Å². The lowest BCUT2D eigenvalue weighted by atomic mass is 10.1. The molecular weight excluding hydrogens is 394 g/mol. The van der Waals surface area contributed by atoms with Gasteiger partial charge in [0, 0.05) is 18.1 Å². The van der Waals surface area contributed by atoms with Crippen LogP contribution in [0.3, 0.4) is 0 Å². The van der Waals surface area contributed by atoms with Gasteiger partial charge in [0.2, 0.25) is 11.6 Å². The molecule has 0 radical (unpaired) electrons. The third kappa shape index (κ3) is 4.18. The summed E-state index contributed by atoms with van der Waals surface area (Å²) < 4.78 is 8.33. The first-order valence-corrected chi connectivity index (χ1v) is 9.88. The molecule has 4 rings (SSSR count). The zero-order valence-corrected chi connectivity index (χ0v) is 17.8. The summed E-state index contributed by atoms with van der Waals surface area (Å²) in [6.07, 6.45) is 2.97. The number of nitrogens with one attached hydrogen (secondary N) is 1. The number of carbonyl (C=O) groups is 1. The summed E-state index contributed by atoms with van der Waals surface area (Å²) in [5.74, 6) is 0.457. The minimum Gasteiger partial charge on any atom is -0.436 e. The molecule has 2 aromatic heterocycles. The predicted molar refractivity (Wildman–Crippen MR) is 118 cm³/mol. The van der Waals surface area contributed by atoms with E-state index in [0.717, 1.165) is 32.6 Å². The Hall–Kier alpha value is -3.94. The average Bonchev–Trinajstić information content (AvgIpc) is 3.01. The molecule has 2 aromatic carbocycles. The maximum Gasteiger partial charge on any atom is 0.351 e. The highest BCUT2D eigenvalue weighted by atomic mass is 16.5. The van der Waals surface area contributed by atoms with Crippen molar-refractivity contribution in [3.8, 4) is 11.6 Å². The van der Waals surface area contributed by atoms with Crippen LogP contribution < -0.4 is 15.7 Å². The van der Waals surface area contributed by atoms with Crippen molar-refractivity contribution in [1.29, 1.82) is 0 Å². The van der Waals surface area contributed by atoms with Crippen LogP contribution in [0, 0.1) is 27.7 Å². The van der Waals surface area contributed by atoms with E-state index in [1.807, 2.05) is 64.1 Å². The number of hydrogen-bond acceptors (Lipinski definition) is 5. The van der Waals surface area contributed by atoms with Gasteiger partial charge in [-0.1, -0.05) is 24.3 Å². The van der Waals surface area contributed by atoms with E-state index >= 15 is 0 Å². The molecule has 4 aromatic rings. The fourth-order valence-corrected chi connectivity index (χ4v) is 3.53. The summed E-state index contributed by atoms with van der Waals surface area (Å²) in [6, 6.07) is 11.6. The van der Waals surface area contributed by atoms with Crippen LogP contribution >= 0.6 is 0 Å². The number of carbonyl (C=O) groups excluding carboxylic acids is 1. The molecule has 0 spiro atoms. The number of para-hydroxylation sites is 1. The number of nitrogens with zero attached hydrogens (tertiary/aromatic N) is 4. The van der Waals surface area contributed by atoms with Gasteiger partial charge in [0.05, 0.1) is 0 Å². The lowest BCUT2D eigenvalue weighted by Gasteiger charge is -2.11. The summed E-state index contributed by atoms with van der Waals surface area (Å²) in [6.45, 7) is 7.56. The number of benzene rings is 2. The molecule has 158 valence electrons. The Labute approximate surface area is 179 Å². The highest BCUT2D eigenvalue weighted by Crippen LogP contribution is 2.24. The smallest absolute Gasteiger partial charge is 0.351 e. The van der Waals surface area contributed by atoms with Crippen molar-refractivity contribution in [2.75, 3.05) is 5.32 Å². The van der Waals surface area contributed by atoms with Gasteiger partial charge in [-0.2, -0.15) is 0 Å². The summed E-state index contributed by atoms with van der Waals surface area (Å²) in [7, 11) is 0. The summed E-state index contributed by atoms with van der Waals surface area (Å²) in [4.78, 5) is 29.6. The molecular formula is C23H23N5O3. The molecule has 0 fully saturated rings. The second-order valence-electron chi connectivity index (χ2n) is 7.61. The monoisotopic (exact) mass is 417 g/mol. The highest BCUT2D eigenvalue weighted by Gasteiger charge is 2.16. The largest absolute Gasteiger partial charge is 0.436 e. The molecule has 0 unspecified atom stereocenters. The first-order valence-electron chi connectivity index (χ1n) is 9.88. The molecule has 0 aliphatic rings. The first-order chi connectivity index (χ1) is 14.8. The minimum absolute atomic E-state index is 0.193. The van der Waals surface area contributed by atoms with Crippen LogP contribution in [-0.4, -0.2) is 25.1 Å². The normalized spacial score (nSPS) is 11.0. The van der Waals surface area contributed by atoms with E-state index in [0.29, 0.717) is 5.75 Å². The van der Waals surface area contributed by atoms with Crippen molar-refractivity contribution < 1.29 is 9.53 Å². The second-order valence-corrected chi connectivity index (χ2v) is 7.61. The van der Waals surface area contributed by atoms with E-state index in [1.165, 1.54) is 16.8 Å². The number of anilines is 1. The molecule has 2 heterocycles.